The standard InChI is InChI=1S/C3H9ClNO3P.Li/c1-8-9(6,7)5-3-2-4;/h2-3H2,1H3,(H2,5,6,7);/q;+1/p-1. The summed E-state index contributed by atoms with van der Waals surface area (Å²) in [6, 6.07) is 0. The number of hydrogen-bond acceptors (Lipinski definition) is 3. The first-order chi connectivity index (χ1) is 4.12. The quantitative estimate of drug-likeness (QED) is 0.283. The maximum absolute atomic E-state index is 10.4. The van der Waals surface area contributed by atoms with Crippen LogP contribution in [0.5, 0.6) is 0 Å². The Morgan fingerprint density at radius 3 is 2.60 bits per heavy atom. The second kappa shape index (κ2) is 6.69. The Balaban J connectivity index is 0. The number of alkyl halides is 1. The largest absolute Gasteiger partial charge is 1.00 e. The van der Waals surface area contributed by atoms with Crippen molar-refractivity contribution in [1.29, 1.82) is 0 Å². The van der Waals surface area contributed by atoms with E-state index < -0.39 is 7.75 Å². The van der Waals surface area contributed by atoms with Crippen LogP contribution in [0.2, 0.25) is 0 Å². The van der Waals surface area contributed by atoms with Crippen LogP contribution in [0.15, 0.2) is 0 Å². The molecule has 0 aliphatic carbocycles. The molecule has 0 amide bonds. The van der Waals surface area contributed by atoms with Gasteiger partial charge in [-0.2, -0.15) is 0 Å². The fourth-order valence-electron chi connectivity index (χ4n) is 0.244. The molecule has 4 nitrogen and oxygen atoms in total. The molecule has 0 aromatic heterocycles. The molecular formula is C3H8ClLiNO3P. The predicted octanol–water partition coefficient (Wildman–Crippen LogP) is -3.07. The first-order valence-electron chi connectivity index (χ1n) is 2.30. The third-order valence-corrected chi connectivity index (χ3v) is 1.92. The topological polar surface area (TPSA) is 61.4 Å². The molecule has 1 atom stereocenters. The Bertz CT molecular complexity index is 124. The van der Waals surface area contributed by atoms with Crippen LogP contribution in [0.25, 0.3) is 0 Å². The van der Waals surface area contributed by atoms with Crippen molar-refractivity contribution in [3.05, 3.63) is 0 Å². The first kappa shape index (κ1) is 13.6. The Morgan fingerprint density at radius 2 is 2.30 bits per heavy atom. The van der Waals surface area contributed by atoms with E-state index in [1.54, 1.807) is 0 Å². The fraction of sp³-hybridized carbons (Fsp3) is 1.00. The summed E-state index contributed by atoms with van der Waals surface area (Å²) in [5.74, 6) is 0.246. The van der Waals surface area contributed by atoms with Gasteiger partial charge in [-0.15, -0.1) is 11.6 Å². The Labute approximate surface area is 77.0 Å². The van der Waals surface area contributed by atoms with Gasteiger partial charge >= 0.3 is 18.9 Å². The average molecular weight is 179 g/mol. The number of rotatable bonds is 4. The molecule has 0 saturated heterocycles. The second-order valence-corrected chi connectivity index (χ2v) is 3.33. The van der Waals surface area contributed by atoms with Crippen molar-refractivity contribution in [2.75, 3.05) is 19.5 Å². The zero-order valence-corrected chi connectivity index (χ0v) is 7.61. The van der Waals surface area contributed by atoms with Crippen molar-refractivity contribution in [2.24, 2.45) is 0 Å². The van der Waals surface area contributed by atoms with E-state index in [0.717, 1.165) is 7.11 Å². The first-order valence-corrected chi connectivity index (χ1v) is 4.38. The van der Waals surface area contributed by atoms with E-state index in [0.29, 0.717) is 0 Å². The minimum Gasteiger partial charge on any atom is -0.766 e. The SMILES string of the molecule is COP(=O)([O-])NCCCl.[Li+]. The smallest absolute Gasteiger partial charge is 0.766 e. The second-order valence-electron chi connectivity index (χ2n) is 1.28. The van der Waals surface area contributed by atoms with Gasteiger partial charge in [-0.25, -0.2) is 0 Å². The molecule has 0 radical (unpaired) electrons. The van der Waals surface area contributed by atoms with Gasteiger partial charge in [0, 0.05) is 19.5 Å². The Morgan fingerprint density at radius 1 is 1.80 bits per heavy atom. The summed E-state index contributed by atoms with van der Waals surface area (Å²) < 4.78 is 14.5. The van der Waals surface area contributed by atoms with Gasteiger partial charge in [-0.05, 0) is 0 Å². The summed E-state index contributed by atoms with van der Waals surface area (Å²) in [5.41, 5.74) is 0. The van der Waals surface area contributed by atoms with Crippen molar-refractivity contribution >= 4 is 19.3 Å². The monoisotopic (exact) mass is 179 g/mol. The third-order valence-electron chi connectivity index (χ3n) is 0.640. The van der Waals surface area contributed by atoms with Gasteiger partial charge in [0.05, 0.1) is 0 Å². The van der Waals surface area contributed by atoms with Crippen LogP contribution in [-0.2, 0) is 9.09 Å². The van der Waals surface area contributed by atoms with E-state index in [-0.39, 0.29) is 31.3 Å². The molecule has 0 aliphatic rings. The molecule has 0 aliphatic heterocycles. The summed E-state index contributed by atoms with van der Waals surface area (Å²) in [4.78, 5) is 10.4. The Hall–Kier alpha value is 0.997. The van der Waals surface area contributed by atoms with Gasteiger partial charge < -0.3 is 9.42 Å². The van der Waals surface area contributed by atoms with Crippen molar-refractivity contribution in [3.63, 3.8) is 0 Å². The van der Waals surface area contributed by atoms with Crippen LogP contribution >= 0.6 is 19.3 Å². The predicted molar refractivity (Wildman–Crippen MR) is 33.3 cm³/mol. The van der Waals surface area contributed by atoms with Gasteiger partial charge in [0.2, 0.25) is 7.75 Å². The zero-order chi connectivity index (χ0) is 7.33. The van der Waals surface area contributed by atoms with Crippen LogP contribution in [0.1, 0.15) is 0 Å². The van der Waals surface area contributed by atoms with E-state index in [4.69, 9.17) is 11.6 Å². The van der Waals surface area contributed by atoms with E-state index in [1.807, 2.05) is 0 Å². The molecule has 0 heterocycles. The summed E-state index contributed by atoms with van der Waals surface area (Å²) in [6.45, 7) is 0.205. The van der Waals surface area contributed by atoms with E-state index in [9.17, 15) is 9.46 Å². The number of hydrogen-bond donors (Lipinski definition) is 1. The molecule has 1 N–H and O–H groups in total. The van der Waals surface area contributed by atoms with Crippen molar-refractivity contribution < 1.29 is 32.8 Å². The number of halogens is 1. The maximum Gasteiger partial charge on any atom is 1.00 e. The Kier molecular flexibility index (Phi) is 9.09. The molecule has 0 bridgehead atoms. The zero-order valence-electron chi connectivity index (χ0n) is 5.96. The molecule has 0 fully saturated rings. The van der Waals surface area contributed by atoms with Crippen LogP contribution in [0.3, 0.4) is 0 Å². The van der Waals surface area contributed by atoms with Gasteiger partial charge in [0.15, 0.2) is 0 Å². The van der Waals surface area contributed by atoms with E-state index in [1.165, 1.54) is 0 Å². The molecule has 0 saturated carbocycles. The number of nitrogens with one attached hydrogen (secondary N) is 1. The molecule has 0 aromatic rings. The molecule has 7 heteroatoms. The molecule has 1 unspecified atom stereocenters. The molecule has 10 heavy (non-hydrogen) atoms. The van der Waals surface area contributed by atoms with E-state index in [2.05, 4.69) is 9.61 Å². The normalized spacial score (nSPS) is 15.5. The summed E-state index contributed by atoms with van der Waals surface area (Å²) in [5, 5.41) is 2.10. The summed E-state index contributed by atoms with van der Waals surface area (Å²) in [6.07, 6.45) is 0. The molecule has 0 aromatic carbocycles. The fourth-order valence-corrected chi connectivity index (χ4v) is 0.985. The third kappa shape index (κ3) is 7.11. The minimum absolute atomic E-state index is 0. The van der Waals surface area contributed by atoms with Crippen LogP contribution < -0.4 is 28.8 Å². The average Bonchev–Trinajstić information content (AvgIpc) is 1.84. The van der Waals surface area contributed by atoms with Crippen molar-refractivity contribution in [2.45, 2.75) is 0 Å². The van der Waals surface area contributed by atoms with Crippen LogP contribution in [0.4, 0.5) is 0 Å². The van der Waals surface area contributed by atoms with Crippen molar-refractivity contribution in [1.82, 2.24) is 5.09 Å². The van der Waals surface area contributed by atoms with Gasteiger partial charge in [0.25, 0.3) is 0 Å². The van der Waals surface area contributed by atoms with Crippen molar-refractivity contribution in [3.8, 4) is 0 Å². The summed E-state index contributed by atoms with van der Waals surface area (Å²) in [7, 11) is -2.68. The van der Waals surface area contributed by atoms with Crippen LogP contribution in [-0.4, -0.2) is 19.5 Å². The van der Waals surface area contributed by atoms with Crippen LogP contribution in [0, 0.1) is 0 Å². The minimum atomic E-state index is -3.77. The van der Waals surface area contributed by atoms with Gasteiger partial charge in [-0.3, -0.25) is 9.65 Å². The molecular weight excluding hydrogens is 171 g/mol. The molecule has 56 valence electrons. The molecule has 0 spiro atoms. The maximum atomic E-state index is 10.4. The summed E-state index contributed by atoms with van der Waals surface area (Å²) >= 11 is 5.19. The van der Waals surface area contributed by atoms with Gasteiger partial charge in [-0.1, -0.05) is 0 Å². The van der Waals surface area contributed by atoms with E-state index >= 15 is 0 Å². The molecule has 0 rings (SSSR count). The van der Waals surface area contributed by atoms with Gasteiger partial charge in [0.1, 0.15) is 0 Å².